The molecular weight excluding hydrogens is 402 g/mol. The molecule has 1 atom stereocenters. The van der Waals surface area contributed by atoms with E-state index in [1.807, 2.05) is 12.1 Å². The molecule has 1 unspecified atom stereocenters. The summed E-state index contributed by atoms with van der Waals surface area (Å²) in [7, 11) is 0. The molecule has 0 radical (unpaired) electrons. The summed E-state index contributed by atoms with van der Waals surface area (Å²) in [6.07, 6.45) is 0.0710. The minimum absolute atomic E-state index is 0.0710. The Hall–Kier alpha value is -2.74. The van der Waals surface area contributed by atoms with Gasteiger partial charge in [-0.05, 0) is 36.8 Å². The van der Waals surface area contributed by atoms with Gasteiger partial charge in [0, 0.05) is 29.2 Å². The first-order valence-corrected chi connectivity index (χ1v) is 8.77. The van der Waals surface area contributed by atoms with E-state index in [0.29, 0.717) is 5.56 Å². The van der Waals surface area contributed by atoms with Gasteiger partial charge >= 0.3 is 0 Å². The second-order valence-corrected chi connectivity index (χ2v) is 7.01. The van der Waals surface area contributed by atoms with Gasteiger partial charge in [-0.15, -0.1) is 0 Å². The van der Waals surface area contributed by atoms with Gasteiger partial charge in [0.1, 0.15) is 5.69 Å². The predicted molar refractivity (Wildman–Crippen MR) is 101 cm³/mol. The zero-order chi connectivity index (χ0) is 18.8. The molecule has 0 spiro atoms. The molecule has 1 N–H and O–H groups in total. The van der Waals surface area contributed by atoms with Crippen LogP contribution in [-0.2, 0) is 9.59 Å². The number of carbonyl (C=O) groups excluding carboxylic acids is 2. The number of carbonyl (C=O) groups is 2. The van der Waals surface area contributed by atoms with E-state index in [4.69, 9.17) is 0 Å². The highest BCUT2D eigenvalue weighted by Crippen LogP contribution is 2.31. The van der Waals surface area contributed by atoms with Crippen LogP contribution in [0.25, 0.3) is 0 Å². The second-order valence-electron chi connectivity index (χ2n) is 6.10. The fourth-order valence-electron chi connectivity index (χ4n) is 2.95. The number of benzene rings is 2. The quantitative estimate of drug-likeness (QED) is 0.606. The van der Waals surface area contributed by atoms with Gasteiger partial charge in [0.05, 0.1) is 10.8 Å². The molecule has 2 aromatic carbocycles. The number of nitro benzene ring substituents is 1. The Kier molecular flexibility index (Phi) is 5.03. The average Bonchev–Trinajstić information content (AvgIpc) is 2.99. The molecule has 0 saturated carbocycles. The number of nitrogens with one attached hydrogen (secondary N) is 1. The van der Waals surface area contributed by atoms with Gasteiger partial charge < -0.3 is 10.2 Å². The van der Waals surface area contributed by atoms with Gasteiger partial charge in [-0.3, -0.25) is 19.7 Å². The number of halogens is 1. The van der Waals surface area contributed by atoms with Crippen LogP contribution in [0, 0.1) is 23.0 Å². The summed E-state index contributed by atoms with van der Waals surface area (Å²) in [6, 6.07) is 11.9. The van der Waals surface area contributed by atoms with Crippen LogP contribution in [0.5, 0.6) is 0 Å². The molecule has 1 heterocycles. The summed E-state index contributed by atoms with van der Waals surface area (Å²) < 4.78 is 0.897. The Morgan fingerprint density at radius 1 is 1.27 bits per heavy atom. The van der Waals surface area contributed by atoms with Crippen LogP contribution < -0.4 is 10.2 Å². The second kappa shape index (κ2) is 7.25. The van der Waals surface area contributed by atoms with Crippen molar-refractivity contribution in [1.82, 2.24) is 0 Å². The number of hydrogen-bond donors (Lipinski definition) is 1. The Morgan fingerprint density at radius 3 is 2.62 bits per heavy atom. The van der Waals surface area contributed by atoms with E-state index < -0.39 is 16.7 Å². The normalized spacial score (nSPS) is 16.6. The summed E-state index contributed by atoms with van der Waals surface area (Å²) in [5, 5.41) is 13.8. The van der Waals surface area contributed by atoms with Crippen molar-refractivity contribution in [3.8, 4) is 0 Å². The van der Waals surface area contributed by atoms with Crippen molar-refractivity contribution in [3.63, 3.8) is 0 Å². The number of amides is 2. The SMILES string of the molecule is Cc1cccc([N+](=O)[O-])c1NC(=O)C1CC(=O)N(c2ccc(Br)cc2)C1. The molecule has 7 nitrogen and oxygen atoms in total. The van der Waals surface area contributed by atoms with Crippen LogP contribution in [0.15, 0.2) is 46.9 Å². The van der Waals surface area contributed by atoms with E-state index in [9.17, 15) is 19.7 Å². The summed E-state index contributed by atoms with van der Waals surface area (Å²) in [5.74, 6) is -1.10. The van der Waals surface area contributed by atoms with E-state index in [-0.39, 0.29) is 30.2 Å². The topological polar surface area (TPSA) is 92.5 Å². The fraction of sp³-hybridized carbons (Fsp3) is 0.222. The lowest BCUT2D eigenvalue weighted by atomic mass is 10.1. The third-order valence-electron chi connectivity index (χ3n) is 4.33. The maximum atomic E-state index is 12.6. The maximum Gasteiger partial charge on any atom is 0.293 e. The zero-order valence-electron chi connectivity index (χ0n) is 13.9. The lowest BCUT2D eigenvalue weighted by molar-refractivity contribution is -0.384. The molecule has 0 aromatic heterocycles. The van der Waals surface area contributed by atoms with E-state index in [0.717, 1.165) is 10.2 Å². The van der Waals surface area contributed by atoms with Crippen LogP contribution >= 0.6 is 15.9 Å². The predicted octanol–water partition coefficient (Wildman–Crippen LogP) is 3.66. The molecule has 0 aliphatic carbocycles. The molecule has 1 aliphatic rings. The summed E-state index contributed by atoms with van der Waals surface area (Å²) in [4.78, 5) is 37.1. The Balaban J connectivity index is 1.77. The molecule has 1 fully saturated rings. The number of aryl methyl sites for hydroxylation is 1. The molecule has 3 rings (SSSR count). The minimum atomic E-state index is -0.564. The standard InChI is InChI=1S/C18H16BrN3O4/c1-11-3-2-4-15(22(25)26)17(11)20-18(24)12-9-16(23)21(10-12)14-7-5-13(19)6-8-14/h2-8,12H,9-10H2,1H3,(H,20,24). The van der Waals surface area contributed by atoms with Crippen LogP contribution in [-0.4, -0.2) is 23.3 Å². The van der Waals surface area contributed by atoms with Crippen molar-refractivity contribution in [1.29, 1.82) is 0 Å². The largest absolute Gasteiger partial charge is 0.320 e. The third kappa shape index (κ3) is 3.60. The van der Waals surface area contributed by atoms with Crippen molar-refractivity contribution in [2.24, 2.45) is 5.92 Å². The molecular formula is C18H16BrN3O4. The first-order valence-electron chi connectivity index (χ1n) is 7.97. The first kappa shape index (κ1) is 18.1. The highest BCUT2D eigenvalue weighted by Gasteiger charge is 2.36. The number of nitro groups is 1. The van der Waals surface area contributed by atoms with Crippen molar-refractivity contribution < 1.29 is 14.5 Å². The Morgan fingerprint density at radius 2 is 1.96 bits per heavy atom. The van der Waals surface area contributed by atoms with Gasteiger partial charge in [-0.2, -0.15) is 0 Å². The van der Waals surface area contributed by atoms with E-state index in [1.165, 1.54) is 6.07 Å². The fourth-order valence-corrected chi connectivity index (χ4v) is 3.21. The van der Waals surface area contributed by atoms with Gasteiger partial charge in [0.25, 0.3) is 5.69 Å². The van der Waals surface area contributed by atoms with Crippen LogP contribution in [0.2, 0.25) is 0 Å². The lowest BCUT2D eigenvalue weighted by Crippen LogP contribution is -2.28. The Labute approximate surface area is 158 Å². The van der Waals surface area contributed by atoms with E-state index in [1.54, 1.807) is 36.1 Å². The zero-order valence-corrected chi connectivity index (χ0v) is 15.5. The summed E-state index contributed by atoms with van der Waals surface area (Å²) in [6.45, 7) is 1.93. The highest BCUT2D eigenvalue weighted by atomic mass is 79.9. The Bertz CT molecular complexity index is 883. The molecule has 1 saturated heterocycles. The molecule has 2 aromatic rings. The minimum Gasteiger partial charge on any atom is -0.320 e. The van der Waals surface area contributed by atoms with E-state index in [2.05, 4.69) is 21.2 Å². The number of anilines is 2. The van der Waals surface area contributed by atoms with Crippen molar-refractivity contribution in [2.45, 2.75) is 13.3 Å². The summed E-state index contributed by atoms with van der Waals surface area (Å²) in [5.41, 5.74) is 1.33. The molecule has 134 valence electrons. The molecule has 0 bridgehead atoms. The molecule has 8 heteroatoms. The summed E-state index contributed by atoms with van der Waals surface area (Å²) >= 11 is 3.34. The number of nitrogens with zero attached hydrogens (tertiary/aromatic N) is 2. The number of para-hydroxylation sites is 1. The third-order valence-corrected chi connectivity index (χ3v) is 4.86. The van der Waals surface area contributed by atoms with E-state index >= 15 is 0 Å². The van der Waals surface area contributed by atoms with Crippen molar-refractivity contribution in [2.75, 3.05) is 16.8 Å². The van der Waals surface area contributed by atoms with Gasteiger partial charge in [0.2, 0.25) is 11.8 Å². The smallest absolute Gasteiger partial charge is 0.293 e. The number of hydrogen-bond acceptors (Lipinski definition) is 4. The van der Waals surface area contributed by atoms with Crippen LogP contribution in [0.1, 0.15) is 12.0 Å². The molecule has 2 amide bonds. The first-order chi connectivity index (χ1) is 12.4. The average molecular weight is 418 g/mol. The van der Waals surface area contributed by atoms with Crippen molar-refractivity contribution in [3.05, 3.63) is 62.6 Å². The maximum absolute atomic E-state index is 12.6. The van der Waals surface area contributed by atoms with Crippen LogP contribution in [0.4, 0.5) is 17.1 Å². The van der Waals surface area contributed by atoms with Crippen molar-refractivity contribution >= 4 is 44.8 Å². The lowest BCUT2D eigenvalue weighted by Gasteiger charge is -2.17. The van der Waals surface area contributed by atoms with Gasteiger partial charge in [-0.25, -0.2) is 0 Å². The van der Waals surface area contributed by atoms with Gasteiger partial charge in [0.15, 0.2) is 0 Å². The van der Waals surface area contributed by atoms with Crippen LogP contribution in [0.3, 0.4) is 0 Å². The van der Waals surface area contributed by atoms with Gasteiger partial charge in [-0.1, -0.05) is 28.1 Å². The highest BCUT2D eigenvalue weighted by molar-refractivity contribution is 9.10. The monoisotopic (exact) mass is 417 g/mol. The number of rotatable bonds is 4. The molecule has 1 aliphatic heterocycles. The molecule has 26 heavy (non-hydrogen) atoms.